The van der Waals surface area contributed by atoms with Crippen molar-refractivity contribution in [2.45, 2.75) is 24.8 Å². The van der Waals surface area contributed by atoms with Gasteiger partial charge in [0.2, 0.25) is 0 Å². The average molecular weight is 304 g/mol. The van der Waals surface area contributed by atoms with Crippen molar-refractivity contribution in [1.29, 1.82) is 0 Å². The molecular weight excluding hydrogens is 293 g/mol. The van der Waals surface area contributed by atoms with E-state index in [2.05, 4.69) is 0 Å². The molecule has 0 aliphatic rings. The molecule has 0 saturated carbocycles. The van der Waals surface area contributed by atoms with Gasteiger partial charge in [-0.05, 0) is 18.1 Å². The molecule has 0 aliphatic carbocycles. The van der Waals surface area contributed by atoms with E-state index >= 15 is 0 Å². The Hall–Kier alpha value is -1.35. The molecule has 1 rings (SSSR count). The van der Waals surface area contributed by atoms with Crippen molar-refractivity contribution in [1.82, 2.24) is 5.43 Å². The highest BCUT2D eigenvalue weighted by Crippen LogP contribution is 2.42. The van der Waals surface area contributed by atoms with Gasteiger partial charge in [0.15, 0.2) is 5.92 Å². The minimum absolute atomic E-state index is 0.283. The minimum atomic E-state index is -5.54. The third-order valence-electron chi connectivity index (χ3n) is 2.72. The van der Waals surface area contributed by atoms with Crippen molar-refractivity contribution < 1.29 is 30.7 Å². The van der Waals surface area contributed by atoms with E-state index in [4.69, 9.17) is 5.84 Å². The molecule has 0 aliphatic heterocycles. The second-order valence-corrected chi connectivity index (χ2v) is 4.13. The van der Waals surface area contributed by atoms with Crippen LogP contribution in [0.3, 0.4) is 0 Å². The van der Waals surface area contributed by atoms with Gasteiger partial charge < -0.3 is 0 Å². The average Bonchev–Trinajstić information content (AvgIpc) is 2.27. The van der Waals surface area contributed by atoms with E-state index < -0.39 is 36.6 Å². The number of benzene rings is 1. The maximum absolute atomic E-state index is 13.3. The monoisotopic (exact) mass is 304 g/mol. The minimum Gasteiger partial charge on any atom is -0.271 e. The SMILES string of the molecule is NNC(Cc1ccccc1F)C(C(F)(F)F)C(F)(F)F. The van der Waals surface area contributed by atoms with Crippen LogP contribution in [-0.2, 0) is 6.42 Å². The molecular formula is C11H11F7N2. The summed E-state index contributed by atoms with van der Waals surface area (Å²) < 4.78 is 88.6. The molecule has 9 heteroatoms. The van der Waals surface area contributed by atoms with Crippen molar-refractivity contribution in [2.24, 2.45) is 11.8 Å². The molecule has 3 N–H and O–H groups in total. The van der Waals surface area contributed by atoms with Crippen molar-refractivity contribution in [3.05, 3.63) is 35.6 Å². The largest absolute Gasteiger partial charge is 0.402 e. The van der Waals surface area contributed by atoms with Crippen LogP contribution in [0.4, 0.5) is 30.7 Å². The summed E-state index contributed by atoms with van der Waals surface area (Å²) in [5.74, 6) is 0.219. The quantitative estimate of drug-likeness (QED) is 0.510. The van der Waals surface area contributed by atoms with E-state index in [0.717, 1.165) is 12.1 Å². The highest BCUT2D eigenvalue weighted by molar-refractivity contribution is 5.19. The molecule has 1 aromatic carbocycles. The van der Waals surface area contributed by atoms with Crippen molar-refractivity contribution in [2.75, 3.05) is 0 Å². The van der Waals surface area contributed by atoms with E-state index in [1.165, 1.54) is 17.6 Å². The van der Waals surface area contributed by atoms with Crippen LogP contribution in [0.1, 0.15) is 5.56 Å². The topological polar surface area (TPSA) is 38.0 Å². The molecule has 0 radical (unpaired) electrons. The summed E-state index contributed by atoms with van der Waals surface area (Å²) in [7, 11) is 0. The molecule has 0 amide bonds. The first-order chi connectivity index (χ1) is 9.07. The summed E-state index contributed by atoms with van der Waals surface area (Å²) in [6.07, 6.45) is -11.9. The lowest BCUT2D eigenvalue weighted by atomic mass is 9.92. The van der Waals surface area contributed by atoms with Crippen LogP contribution in [0.15, 0.2) is 24.3 Å². The van der Waals surface area contributed by atoms with E-state index in [1.807, 2.05) is 0 Å². The molecule has 0 spiro atoms. The van der Waals surface area contributed by atoms with Gasteiger partial charge in [-0.2, -0.15) is 26.3 Å². The number of alkyl halides is 6. The fraction of sp³-hybridized carbons (Fsp3) is 0.455. The maximum Gasteiger partial charge on any atom is 0.402 e. The van der Waals surface area contributed by atoms with Gasteiger partial charge in [0.25, 0.3) is 0 Å². The molecule has 0 aromatic heterocycles. The molecule has 20 heavy (non-hydrogen) atoms. The van der Waals surface area contributed by atoms with E-state index in [-0.39, 0.29) is 5.56 Å². The van der Waals surface area contributed by atoms with E-state index in [1.54, 1.807) is 0 Å². The van der Waals surface area contributed by atoms with E-state index in [0.29, 0.717) is 0 Å². The van der Waals surface area contributed by atoms with Gasteiger partial charge >= 0.3 is 12.4 Å². The number of hydrazine groups is 1. The fourth-order valence-electron chi connectivity index (χ4n) is 1.82. The predicted molar refractivity (Wildman–Crippen MR) is 56.8 cm³/mol. The van der Waals surface area contributed by atoms with Crippen LogP contribution in [0.5, 0.6) is 0 Å². The summed E-state index contributed by atoms with van der Waals surface area (Å²) in [4.78, 5) is 0. The molecule has 0 fully saturated rings. The zero-order valence-electron chi connectivity index (χ0n) is 9.89. The van der Waals surface area contributed by atoms with Gasteiger partial charge in [-0.15, -0.1) is 0 Å². The third kappa shape index (κ3) is 4.07. The second kappa shape index (κ2) is 5.96. The lowest BCUT2D eigenvalue weighted by Crippen LogP contribution is -2.54. The number of hydrogen-bond donors (Lipinski definition) is 2. The Labute approximate surface area is 109 Å². The van der Waals surface area contributed by atoms with Crippen LogP contribution in [0.25, 0.3) is 0 Å². The Morgan fingerprint density at radius 3 is 1.90 bits per heavy atom. The number of nitrogens with two attached hydrogens (primary N) is 1. The number of halogens is 7. The van der Waals surface area contributed by atoms with Gasteiger partial charge in [-0.1, -0.05) is 18.2 Å². The lowest BCUT2D eigenvalue weighted by molar-refractivity contribution is -0.291. The Balaban J connectivity index is 3.07. The summed E-state index contributed by atoms with van der Waals surface area (Å²) in [6, 6.07) is 2.41. The fourth-order valence-corrected chi connectivity index (χ4v) is 1.82. The Morgan fingerprint density at radius 1 is 1.00 bits per heavy atom. The lowest BCUT2D eigenvalue weighted by Gasteiger charge is -2.30. The van der Waals surface area contributed by atoms with Gasteiger partial charge in [0.1, 0.15) is 5.82 Å². The Morgan fingerprint density at radius 2 is 1.50 bits per heavy atom. The standard InChI is InChI=1S/C11H11F7N2/c12-7-4-2-1-3-6(7)5-8(20-19)9(10(13,14)15)11(16,17)18/h1-4,8-9,20H,5,19H2. The third-order valence-corrected chi connectivity index (χ3v) is 2.72. The highest BCUT2D eigenvalue weighted by Gasteiger charge is 2.60. The van der Waals surface area contributed by atoms with Crippen LogP contribution in [-0.4, -0.2) is 18.4 Å². The molecule has 0 saturated heterocycles. The molecule has 1 atom stereocenters. The van der Waals surface area contributed by atoms with Gasteiger partial charge in [0, 0.05) is 6.04 Å². The predicted octanol–water partition coefficient (Wildman–Crippen LogP) is 2.94. The van der Waals surface area contributed by atoms with Crippen molar-refractivity contribution in [3.8, 4) is 0 Å². The molecule has 0 heterocycles. The first-order valence-corrected chi connectivity index (χ1v) is 5.40. The molecule has 1 aromatic rings. The molecule has 2 nitrogen and oxygen atoms in total. The maximum atomic E-state index is 13.3. The smallest absolute Gasteiger partial charge is 0.271 e. The van der Waals surface area contributed by atoms with Crippen LogP contribution < -0.4 is 11.3 Å². The molecule has 0 bridgehead atoms. The zero-order valence-corrected chi connectivity index (χ0v) is 9.89. The number of rotatable bonds is 4. The van der Waals surface area contributed by atoms with Crippen LogP contribution in [0, 0.1) is 11.7 Å². The van der Waals surface area contributed by atoms with Gasteiger partial charge in [-0.3, -0.25) is 11.3 Å². The summed E-state index contributed by atoms with van der Waals surface area (Å²) in [5.41, 5.74) is 1.20. The van der Waals surface area contributed by atoms with Crippen molar-refractivity contribution >= 4 is 0 Å². The van der Waals surface area contributed by atoms with Gasteiger partial charge in [-0.25, -0.2) is 4.39 Å². The summed E-state index contributed by atoms with van der Waals surface area (Å²) >= 11 is 0. The van der Waals surface area contributed by atoms with Crippen LogP contribution in [0.2, 0.25) is 0 Å². The summed E-state index contributed by atoms with van der Waals surface area (Å²) in [5, 5.41) is 0. The van der Waals surface area contributed by atoms with E-state index in [9.17, 15) is 30.7 Å². The molecule has 1 unspecified atom stereocenters. The zero-order chi connectivity index (χ0) is 15.6. The number of hydrogen-bond acceptors (Lipinski definition) is 2. The summed E-state index contributed by atoms with van der Waals surface area (Å²) in [6.45, 7) is 0. The first-order valence-electron chi connectivity index (χ1n) is 5.40. The van der Waals surface area contributed by atoms with Crippen LogP contribution >= 0.6 is 0 Å². The molecule has 114 valence electrons. The van der Waals surface area contributed by atoms with Crippen molar-refractivity contribution in [3.63, 3.8) is 0 Å². The first kappa shape index (κ1) is 16.7. The highest BCUT2D eigenvalue weighted by atomic mass is 19.4. The Kier molecular flexibility index (Phi) is 4.98. The second-order valence-electron chi connectivity index (χ2n) is 4.13. The normalized spacial score (nSPS) is 14.7. The Bertz CT molecular complexity index is 427. The van der Waals surface area contributed by atoms with Gasteiger partial charge in [0.05, 0.1) is 0 Å². The number of nitrogens with one attached hydrogen (secondary N) is 1.